The zero-order valence-corrected chi connectivity index (χ0v) is 40.4. The number of esters is 6. The molecule has 2 heterocycles. The lowest BCUT2D eigenvalue weighted by molar-refractivity contribution is -0.409. The molecule has 0 amide bonds. The van der Waals surface area contributed by atoms with Gasteiger partial charge in [0, 0.05) is 0 Å². The van der Waals surface area contributed by atoms with Crippen LogP contribution in [0.3, 0.4) is 0 Å². The van der Waals surface area contributed by atoms with Gasteiger partial charge in [0.15, 0.2) is 6.61 Å². The van der Waals surface area contributed by atoms with Gasteiger partial charge in [0.2, 0.25) is 5.60 Å². The van der Waals surface area contributed by atoms with E-state index >= 15 is 0 Å². The molecule has 3 unspecified atom stereocenters. The third-order valence-corrected chi connectivity index (χ3v) is 12.5. The van der Waals surface area contributed by atoms with E-state index in [4.69, 9.17) is 24.1 Å². The van der Waals surface area contributed by atoms with E-state index in [0.29, 0.717) is 45.4 Å². The van der Waals surface area contributed by atoms with Crippen molar-refractivity contribution >= 4 is 35.8 Å². The van der Waals surface area contributed by atoms with E-state index < -0.39 is 94.4 Å². The van der Waals surface area contributed by atoms with Crippen LogP contribution in [0.2, 0.25) is 0 Å². The lowest BCUT2D eigenvalue weighted by Gasteiger charge is -2.39. The van der Waals surface area contributed by atoms with Crippen LogP contribution >= 0.6 is 0 Å². The maximum absolute atomic E-state index is 14.0. The minimum Gasteiger partial charge on any atom is -0.462 e. The molecule has 0 spiro atoms. The average Bonchev–Trinajstić information content (AvgIpc) is 3.71. The number of cyclic esters (lactones) is 1. The summed E-state index contributed by atoms with van der Waals surface area (Å²) in [7, 11) is 0. The van der Waals surface area contributed by atoms with Crippen molar-refractivity contribution < 1.29 is 120 Å². The molecule has 2 aliphatic heterocycles. The first kappa shape index (κ1) is 62.9. The predicted octanol–water partition coefficient (Wildman–Crippen LogP) is 8.17. The van der Waals surface area contributed by atoms with Gasteiger partial charge in [0.1, 0.15) is 24.4 Å². The maximum Gasteiger partial charge on any atom is 0.449 e. The number of carbonyl (C=O) groups excluding carboxylic acids is 6. The number of hydrogen-bond donors (Lipinski definition) is 2. The maximum atomic E-state index is 14.0. The van der Waals surface area contributed by atoms with Crippen LogP contribution in [-0.4, -0.2) is 125 Å². The fourth-order valence-corrected chi connectivity index (χ4v) is 6.00. The molecule has 2 N–H and O–H groups in total. The fourth-order valence-electron chi connectivity index (χ4n) is 6.00. The quantitative estimate of drug-likeness (QED) is 0.0956. The van der Waals surface area contributed by atoms with Crippen LogP contribution in [0.1, 0.15) is 134 Å². The molecular weight excluding hydrogens is 965 g/mol. The Morgan fingerprint density at radius 3 is 1.46 bits per heavy atom. The Kier molecular flexibility index (Phi) is 20.2. The Hall–Kier alpha value is -4.07. The lowest BCUT2D eigenvalue weighted by atomic mass is 9.77. The van der Waals surface area contributed by atoms with Gasteiger partial charge in [-0.1, -0.05) is 20.8 Å². The van der Waals surface area contributed by atoms with Crippen molar-refractivity contribution in [3.05, 3.63) is 0 Å². The molecule has 26 heteroatoms. The predicted molar refractivity (Wildman–Crippen MR) is 214 cm³/mol. The van der Waals surface area contributed by atoms with Crippen molar-refractivity contribution in [1.82, 2.24) is 0 Å². The summed E-state index contributed by atoms with van der Waals surface area (Å²) >= 11 is 0. The van der Waals surface area contributed by atoms with Gasteiger partial charge < -0.3 is 43.4 Å². The van der Waals surface area contributed by atoms with Crippen LogP contribution in [0.25, 0.3) is 0 Å². The van der Waals surface area contributed by atoms with Crippen LogP contribution < -0.4 is 0 Å². The third kappa shape index (κ3) is 14.8. The summed E-state index contributed by atoms with van der Waals surface area (Å²) in [5.41, 5.74) is -12.2. The van der Waals surface area contributed by atoms with Crippen molar-refractivity contribution in [3.63, 3.8) is 0 Å². The Bertz CT molecular complexity index is 1800. The molecule has 3 rings (SSSR count). The summed E-state index contributed by atoms with van der Waals surface area (Å²) in [4.78, 5) is 69.7. The summed E-state index contributed by atoms with van der Waals surface area (Å²) in [6.45, 7) is 16.3. The molecule has 3 atom stereocenters. The van der Waals surface area contributed by atoms with E-state index in [9.17, 15) is 82.2 Å². The molecule has 402 valence electrons. The second-order valence-electron chi connectivity index (χ2n) is 19.5. The first-order chi connectivity index (χ1) is 30.8. The number of alkyl halides is 11. The van der Waals surface area contributed by atoms with Gasteiger partial charge in [-0.15, -0.1) is 0 Å². The summed E-state index contributed by atoms with van der Waals surface area (Å²) in [6.07, 6.45) is -15.7. The van der Waals surface area contributed by atoms with Gasteiger partial charge >= 0.3 is 71.7 Å². The molecular formula is C43H63F11O15. The second kappa shape index (κ2) is 22.1. The first-order valence-electron chi connectivity index (χ1n) is 21.7. The highest BCUT2D eigenvalue weighted by Crippen LogP contribution is 2.55. The fraction of sp³-hybridized carbons (Fsp3) is 0.860. The van der Waals surface area contributed by atoms with E-state index in [1.807, 2.05) is 27.7 Å². The highest BCUT2D eigenvalue weighted by atomic mass is 19.4. The normalized spacial score (nSPS) is 24.6. The summed E-state index contributed by atoms with van der Waals surface area (Å²) in [6, 6.07) is 0. The number of carbonyl (C=O) groups is 6. The molecule has 0 radical (unpaired) electrons. The third-order valence-electron chi connectivity index (χ3n) is 12.5. The van der Waals surface area contributed by atoms with Gasteiger partial charge in [0.05, 0.1) is 29.3 Å². The van der Waals surface area contributed by atoms with Crippen molar-refractivity contribution in [2.75, 3.05) is 19.8 Å². The van der Waals surface area contributed by atoms with Gasteiger partial charge in [-0.3, -0.25) is 19.2 Å². The zero-order valence-electron chi connectivity index (χ0n) is 40.4. The number of ether oxygens (including phenoxy) is 7. The topological polar surface area (TPSA) is 207 Å². The van der Waals surface area contributed by atoms with Gasteiger partial charge in [0.25, 0.3) is 0 Å². The van der Waals surface area contributed by atoms with Crippen molar-refractivity contribution in [3.8, 4) is 0 Å². The van der Waals surface area contributed by atoms with E-state index in [1.54, 1.807) is 20.8 Å². The number of hydrogen-bond acceptors (Lipinski definition) is 15. The number of aliphatic hydroxyl groups is 2. The van der Waals surface area contributed by atoms with Crippen LogP contribution in [0.5, 0.6) is 0 Å². The number of halogens is 11. The largest absolute Gasteiger partial charge is 0.462 e. The molecule has 2 saturated heterocycles. The minimum absolute atomic E-state index is 0.186. The molecule has 3 fully saturated rings. The molecule has 15 nitrogen and oxygen atoms in total. The van der Waals surface area contributed by atoms with Crippen LogP contribution in [-0.2, 0) is 61.9 Å². The molecule has 69 heavy (non-hydrogen) atoms. The van der Waals surface area contributed by atoms with Crippen LogP contribution in [0, 0.1) is 22.2 Å². The standard InChI is InChI=1S/C21H30F6O7.C12H17F5O4.C10H16O4/c1-6-17(2,3)15(29)33-13-9-7-12(8-10-13)18(4,5)34-14(28)11-32-16(30)19(31,20(22,23)24)21(25,26)27;1-5-8(2,3)7(18)21-9(4)6-20-11(19,10(9,13)14)12(15,16)17;1-4-10(2,3)9(12)14-7-5-8(11)13-6-7/h12-13,31H,6-11H2,1-5H3;19H,5-6H2,1-4H3;7H,4-6H2,1-3H3. The smallest absolute Gasteiger partial charge is 0.449 e. The SMILES string of the molecule is CCC(C)(C)C(=O)OC1(C)COC(O)(C(F)(F)F)C1(F)F.CCC(C)(C)C(=O)OC1CCC(C(C)(C)OC(=O)COC(=O)C(O)(C(F)(F)F)C(F)(F)F)CC1.CCC(C)(C)C(=O)OC1COC(=O)C1. The molecule has 0 aromatic heterocycles. The molecule has 0 aromatic carbocycles. The second-order valence-corrected chi connectivity index (χ2v) is 19.5. The van der Waals surface area contributed by atoms with Crippen molar-refractivity contribution in [2.24, 2.45) is 22.2 Å². The minimum atomic E-state index is -6.42. The monoisotopic (exact) mass is 1030 g/mol. The van der Waals surface area contributed by atoms with E-state index in [-0.39, 0.29) is 55.5 Å². The molecule has 3 aliphatic rings. The Morgan fingerprint density at radius 1 is 0.681 bits per heavy atom. The van der Waals surface area contributed by atoms with Gasteiger partial charge in [-0.05, 0) is 113 Å². The number of rotatable bonds is 14. The highest BCUT2D eigenvalue weighted by Gasteiger charge is 2.83. The highest BCUT2D eigenvalue weighted by molar-refractivity contribution is 5.84. The lowest BCUT2D eigenvalue weighted by Crippen LogP contribution is -2.63. The Morgan fingerprint density at radius 2 is 1.10 bits per heavy atom. The summed E-state index contributed by atoms with van der Waals surface area (Å²) < 4.78 is 175. The van der Waals surface area contributed by atoms with Gasteiger partial charge in [-0.25, -0.2) is 9.59 Å². The van der Waals surface area contributed by atoms with Crippen molar-refractivity contribution in [2.45, 2.75) is 194 Å². The van der Waals surface area contributed by atoms with Crippen LogP contribution in [0.15, 0.2) is 0 Å². The van der Waals surface area contributed by atoms with Crippen molar-refractivity contribution in [1.29, 1.82) is 0 Å². The van der Waals surface area contributed by atoms with E-state index in [0.717, 1.165) is 0 Å². The van der Waals surface area contributed by atoms with E-state index in [2.05, 4.69) is 14.2 Å². The van der Waals surface area contributed by atoms with Crippen LogP contribution in [0.4, 0.5) is 48.3 Å². The summed E-state index contributed by atoms with van der Waals surface area (Å²) in [5.74, 6) is -16.2. The molecule has 0 bridgehead atoms. The molecule has 1 aliphatic carbocycles. The molecule has 1 saturated carbocycles. The Labute approximate surface area is 391 Å². The zero-order chi connectivity index (χ0) is 54.4. The average molecular weight is 1030 g/mol. The Balaban J connectivity index is 0.000000574. The first-order valence-corrected chi connectivity index (χ1v) is 21.7. The van der Waals surface area contributed by atoms with Gasteiger partial charge in [-0.2, -0.15) is 48.3 Å². The molecule has 0 aromatic rings. The van der Waals surface area contributed by atoms with E-state index in [1.165, 1.54) is 27.7 Å². The summed E-state index contributed by atoms with van der Waals surface area (Å²) in [5, 5.41) is 18.1.